The number of ketones is 1. The van der Waals surface area contributed by atoms with Gasteiger partial charge in [-0.05, 0) is 18.2 Å². The van der Waals surface area contributed by atoms with E-state index in [0.29, 0.717) is 23.6 Å². The molecule has 2 aromatic rings. The average molecular weight is 294 g/mol. The molecule has 1 aliphatic heterocycles. The van der Waals surface area contributed by atoms with Crippen molar-refractivity contribution in [2.45, 2.75) is 6.10 Å². The molecule has 0 aromatic heterocycles. The lowest BCUT2D eigenvalue weighted by Crippen LogP contribution is -2.37. The molecule has 0 fully saturated rings. The van der Waals surface area contributed by atoms with Crippen molar-refractivity contribution in [3.63, 3.8) is 0 Å². The van der Waals surface area contributed by atoms with Crippen LogP contribution in [-0.4, -0.2) is 18.5 Å². The minimum absolute atomic E-state index is 0.131. The first-order chi connectivity index (χ1) is 10.1. The molecule has 0 N–H and O–H groups in total. The SMILES string of the molecule is O=C(c1cc(F)c(F)cc1F)C1COc2ccccc2O1. The van der Waals surface area contributed by atoms with Gasteiger partial charge in [-0.1, -0.05) is 12.1 Å². The number of benzene rings is 2. The quantitative estimate of drug-likeness (QED) is 0.630. The van der Waals surface area contributed by atoms with Gasteiger partial charge in [-0.3, -0.25) is 4.79 Å². The van der Waals surface area contributed by atoms with Crippen molar-refractivity contribution in [3.05, 3.63) is 59.4 Å². The van der Waals surface area contributed by atoms with Crippen LogP contribution in [-0.2, 0) is 0 Å². The molecule has 1 aliphatic rings. The van der Waals surface area contributed by atoms with Crippen molar-refractivity contribution in [2.75, 3.05) is 6.61 Å². The number of halogens is 3. The molecule has 3 nitrogen and oxygen atoms in total. The van der Waals surface area contributed by atoms with Crippen LogP contribution < -0.4 is 9.47 Å². The maximum Gasteiger partial charge on any atom is 0.209 e. The second-order valence-electron chi connectivity index (χ2n) is 4.47. The number of para-hydroxylation sites is 2. The zero-order valence-electron chi connectivity index (χ0n) is 10.6. The van der Waals surface area contributed by atoms with Gasteiger partial charge in [-0.2, -0.15) is 0 Å². The van der Waals surface area contributed by atoms with Crippen molar-refractivity contribution in [3.8, 4) is 11.5 Å². The Labute approximate surface area is 117 Å². The number of carbonyl (C=O) groups excluding carboxylic acids is 1. The summed E-state index contributed by atoms with van der Waals surface area (Å²) in [6.07, 6.45) is -1.11. The summed E-state index contributed by atoms with van der Waals surface area (Å²) in [4.78, 5) is 12.2. The minimum Gasteiger partial charge on any atom is -0.485 e. The van der Waals surface area contributed by atoms with Crippen LogP contribution in [0.2, 0.25) is 0 Å². The summed E-state index contributed by atoms with van der Waals surface area (Å²) in [6.45, 7) is -0.131. The molecule has 2 aromatic carbocycles. The lowest BCUT2D eigenvalue weighted by Gasteiger charge is -2.25. The number of ether oxygens (including phenoxy) is 2. The number of Topliss-reactive ketones (excluding diaryl/α,β-unsaturated/α-hetero) is 1. The highest BCUT2D eigenvalue weighted by Crippen LogP contribution is 2.32. The van der Waals surface area contributed by atoms with Crippen molar-refractivity contribution < 1.29 is 27.4 Å². The topological polar surface area (TPSA) is 35.5 Å². The molecule has 0 amide bonds. The predicted molar refractivity (Wildman–Crippen MR) is 67.0 cm³/mol. The van der Waals surface area contributed by atoms with Gasteiger partial charge in [0.1, 0.15) is 12.4 Å². The monoisotopic (exact) mass is 294 g/mol. The maximum absolute atomic E-state index is 13.6. The van der Waals surface area contributed by atoms with Gasteiger partial charge in [0.05, 0.1) is 5.56 Å². The van der Waals surface area contributed by atoms with Crippen molar-refractivity contribution in [1.82, 2.24) is 0 Å². The molecular formula is C15H9F3O3. The van der Waals surface area contributed by atoms with Crippen LogP contribution in [0.3, 0.4) is 0 Å². The van der Waals surface area contributed by atoms with E-state index < -0.39 is 34.9 Å². The fourth-order valence-electron chi connectivity index (χ4n) is 2.03. The summed E-state index contributed by atoms with van der Waals surface area (Å²) in [5.41, 5.74) is -0.568. The summed E-state index contributed by atoms with van der Waals surface area (Å²) < 4.78 is 50.4. The smallest absolute Gasteiger partial charge is 0.209 e. The zero-order valence-corrected chi connectivity index (χ0v) is 10.6. The van der Waals surface area contributed by atoms with Gasteiger partial charge in [0.2, 0.25) is 5.78 Å². The maximum atomic E-state index is 13.6. The van der Waals surface area contributed by atoms with Crippen LogP contribution in [0.25, 0.3) is 0 Å². The molecule has 108 valence electrons. The predicted octanol–water partition coefficient (Wildman–Crippen LogP) is 3.13. The lowest BCUT2D eigenvalue weighted by atomic mass is 10.0. The first-order valence-corrected chi connectivity index (χ1v) is 6.13. The first-order valence-electron chi connectivity index (χ1n) is 6.13. The third-order valence-corrected chi connectivity index (χ3v) is 3.08. The number of hydrogen-bond donors (Lipinski definition) is 0. The Morgan fingerprint density at radius 1 is 1.00 bits per heavy atom. The van der Waals surface area contributed by atoms with E-state index in [9.17, 15) is 18.0 Å². The van der Waals surface area contributed by atoms with Crippen LogP contribution in [0.15, 0.2) is 36.4 Å². The Morgan fingerprint density at radius 2 is 1.67 bits per heavy atom. The normalized spacial score (nSPS) is 16.6. The van der Waals surface area contributed by atoms with Gasteiger partial charge in [0, 0.05) is 6.07 Å². The van der Waals surface area contributed by atoms with Gasteiger partial charge in [0.25, 0.3) is 0 Å². The van der Waals surface area contributed by atoms with E-state index in [0.717, 1.165) is 0 Å². The van der Waals surface area contributed by atoms with Gasteiger partial charge in [-0.15, -0.1) is 0 Å². The molecule has 0 saturated heterocycles. The van der Waals surface area contributed by atoms with Gasteiger partial charge in [0.15, 0.2) is 29.2 Å². The van der Waals surface area contributed by atoms with Crippen molar-refractivity contribution in [2.24, 2.45) is 0 Å². The third-order valence-electron chi connectivity index (χ3n) is 3.08. The highest BCUT2D eigenvalue weighted by Gasteiger charge is 2.30. The first kappa shape index (κ1) is 13.5. The Balaban J connectivity index is 1.89. The molecule has 21 heavy (non-hydrogen) atoms. The standard InChI is InChI=1S/C15H9F3O3/c16-9-6-11(18)10(17)5-8(9)15(19)14-7-20-12-3-1-2-4-13(12)21-14/h1-6,14H,7H2. The van der Waals surface area contributed by atoms with E-state index in [1.54, 1.807) is 24.3 Å². The summed E-state index contributed by atoms with van der Waals surface area (Å²) in [7, 11) is 0. The van der Waals surface area contributed by atoms with Crippen LogP contribution in [0, 0.1) is 17.5 Å². The molecule has 6 heteroatoms. The molecule has 0 bridgehead atoms. The largest absolute Gasteiger partial charge is 0.485 e. The second kappa shape index (κ2) is 5.12. The number of fused-ring (bicyclic) bond motifs is 1. The Hall–Kier alpha value is -2.50. The molecule has 0 spiro atoms. The number of hydrogen-bond acceptors (Lipinski definition) is 3. The van der Waals surface area contributed by atoms with E-state index in [4.69, 9.17) is 9.47 Å². The fourth-order valence-corrected chi connectivity index (χ4v) is 2.03. The van der Waals surface area contributed by atoms with Crippen molar-refractivity contribution >= 4 is 5.78 Å². The van der Waals surface area contributed by atoms with E-state index in [1.165, 1.54) is 0 Å². The highest BCUT2D eigenvalue weighted by molar-refractivity contribution is 6.00. The van der Waals surface area contributed by atoms with Gasteiger partial charge >= 0.3 is 0 Å². The molecule has 0 aliphatic carbocycles. The molecule has 1 atom stereocenters. The Morgan fingerprint density at radius 3 is 2.43 bits per heavy atom. The summed E-state index contributed by atoms with van der Waals surface area (Å²) in [6, 6.07) is 7.54. The van der Waals surface area contributed by atoms with Crippen LogP contribution in [0.4, 0.5) is 13.2 Å². The van der Waals surface area contributed by atoms with E-state index in [-0.39, 0.29) is 6.61 Å². The third kappa shape index (κ3) is 2.44. The number of carbonyl (C=O) groups is 1. The molecule has 1 unspecified atom stereocenters. The van der Waals surface area contributed by atoms with E-state index in [2.05, 4.69) is 0 Å². The van der Waals surface area contributed by atoms with Gasteiger partial charge < -0.3 is 9.47 Å². The summed E-state index contributed by atoms with van der Waals surface area (Å²) in [5.74, 6) is -3.79. The number of rotatable bonds is 2. The highest BCUT2D eigenvalue weighted by atomic mass is 19.2. The second-order valence-corrected chi connectivity index (χ2v) is 4.47. The summed E-state index contributed by atoms with van der Waals surface area (Å²) in [5, 5.41) is 0. The minimum atomic E-state index is -1.35. The molecule has 1 heterocycles. The molecular weight excluding hydrogens is 285 g/mol. The zero-order chi connectivity index (χ0) is 15.0. The van der Waals surface area contributed by atoms with Crippen molar-refractivity contribution in [1.29, 1.82) is 0 Å². The molecule has 3 rings (SSSR count). The molecule has 0 saturated carbocycles. The van der Waals surface area contributed by atoms with Crippen LogP contribution in [0.5, 0.6) is 11.5 Å². The van der Waals surface area contributed by atoms with E-state index >= 15 is 0 Å². The average Bonchev–Trinajstić information content (AvgIpc) is 2.50. The Bertz CT molecular complexity index is 715. The van der Waals surface area contributed by atoms with E-state index in [1.807, 2.05) is 0 Å². The van der Waals surface area contributed by atoms with Crippen LogP contribution in [0.1, 0.15) is 10.4 Å². The summed E-state index contributed by atoms with van der Waals surface area (Å²) >= 11 is 0. The fraction of sp³-hybridized carbons (Fsp3) is 0.133. The molecule has 0 radical (unpaired) electrons. The lowest BCUT2D eigenvalue weighted by molar-refractivity contribution is 0.0581. The van der Waals surface area contributed by atoms with Crippen LogP contribution >= 0.6 is 0 Å². The Kier molecular flexibility index (Phi) is 3.29. The van der Waals surface area contributed by atoms with Gasteiger partial charge in [-0.25, -0.2) is 13.2 Å².